The number of anilines is 1. The molecule has 1 aromatic heterocycles. The first kappa shape index (κ1) is 9.92. The average Bonchev–Trinajstić information content (AvgIpc) is 2.03. The van der Waals surface area contributed by atoms with Crippen molar-refractivity contribution in [1.82, 2.24) is 9.97 Å². The summed E-state index contributed by atoms with van der Waals surface area (Å²) >= 11 is 0. The highest BCUT2D eigenvalue weighted by molar-refractivity contribution is 5.92. The molecule has 0 aromatic carbocycles. The Morgan fingerprint density at radius 1 is 1.46 bits per heavy atom. The molecular weight excluding hydrogens is 190 g/mol. The van der Waals surface area contributed by atoms with Gasteiger partial charge < -0.3 is 5.32 Å². The van der Waals surface area contributed by atoms with Crippen LogP contribution in [-0.2, 0) is 11.2 Å². The van der Waals surface area contributed by atoms with Gasteiger partial charge in [0.05, 0.1) is 0 Å². The minimum absolute atomic E-state index is 0. The van der Waals surface area contributed by atoms with Crippen LogP contribution in [0.2, 0.25) is 0 Å². The largest absolute Gasteiger partial charge is 0.310 e. The number of aryl methyl sites for hydroxylation is 2. The van der Waals surface area contributed by atoms with Gasteiger partial charge in [-0.25, -0.2) is 9.97 Å². The fourth-order valence-corrected chi connectivity index (χ4v) is 1.23. The number of fused-ring (bicyclic) bond motifs is 1. The summed E-state index contributed by atoms with van der Waals surface area (Å²) in [4.78, 5) is 19.1. The van der Waals surface area contributed by atoms with Crippen molar-refractivity contribution in [1.29, 1.82) is 0 Å². The van der Waals surface area contributed by atoms with Gasteiger partial charge in [0.15, 0.2) is 0 Å². The van der Waals surface area contributed by atoms with Crippen LogP contribution in [0.25, 0.3) is 0 Å². The summed E-state index contributed by atoms with van der Waals surface area (Å²) in [6, 6.07) is 0. The van der Waals surface area contributed by atoms with E-state index in [0.29, 0.717) is 18.1 Å². The highest BCUT2D eigenvalue weighted by atomic mass is 35.5. The summed E-state index contributed by atoms with van der Waals surface area (Å²) < 4.78 is 0. The number of carbonyl (C=O) groups is 1. The number of rotatable bonds is 0. The first-order chi connectivity index (χ1) is 5.75. The first-order valence-electron chi connectivity index (χ1n) is 3.88. The molecule has 70 valence electrons. The lowest BCUT2D eigenvalue weighted by Gasteiger charge is -2.14. The summed E-state index contributed by atoms with van der Waals surface area (Å²) in [7, 11) is 0. The molecule has 0 aliphatic carbocycles. The molecule has 2 rings (SSSR count). The van der Waals surface area contributed by atoms with E-state index in [9.17, 15) is 4.79 Å². The summed E-state index contributed by atoms with van der Waals surface area (Å²) in [5.41, 5.74) is 1.03. The Hall–Kier alpha value is -1.16. The number of halogens is 1. The SMILES string of the molecule is Cc1ncc2c(n1)NC(=O)CC2.Cl. The molecule has 0 bridgehead atoms. The smallest absolute Gasteiger partial charge is 0.225 e. The summed E-state index contributed by atoms with van der Waals surface area (Å²) in [6.45, 7) is 1.81. The van der Waals surface area contributed by atoms with Gasteiger partial charge in [0.2, 0.25) is 5.91 Å². The molecule has 2 heterocycles. The van der Waals surface area contributed by atoms with E-state index in [-0.39, 0.29) is 18.3 Å². The van der Waals surface area contributed by atoms with Crippen molar-refractivity contribution in [2.75, 3.05) is 5.32 Å². The van der Waals surface area contributed by atoms with E-state index in [2.05, 4.69) is 15.3 Å². The lowest BCUT2D eigenvalue weighted by atomic mass is 10.1. The predicted molar refractivity (Wildman–Crippen MR) is 51.0 cm³/mol. The zero-order chi connectivity index (χ0) is 8.55. The Bertz CT molecular complexity index is 340. The highest BCUT2D eigenvalue weighted by Crippen LogP contribution is 2.18. The van der Waals surface area contributed by atoms with Crippen LogP contribution in [0.4, 0.5) is 5.82 Å². The lowest BCUT2D eigenvalue weighted by Crippen LogP contribution is -2.20. The van der Waals surface area contributed by atoms with Crippen molar-refractivity contribution in [2.45, 2.75) is 19.8 Å². The van der Waals surface area contributed by atoms with Gasteiger partial charge in [-0.05, 0) is 13.3 Å². The first-order valence-corrected chi connectivity index (χ1v) is 3.88. The van der Waals surface area contributed by atoms with Crippen molar-refractivity contribution in [2.24, 2.45) is 0 Å². The maximum absolute atomic E-state index is 11.0. The molecule has 0 atom stereocenters. The van der Waals surface area contributed by atoms with Crippen molar-refractivity contribution >= 4 is 24.1 Å². The molecule has 0 saturated carbocycles. The molecule has 0 fully saturated rings. The Balaban J connectivity index is 0.000000845. The molecule has 1 N–H and O–H groups in total. The standard InChI is InChI=1S/C8H9N3O.ClH/c1-5-9-4-6-2-3-7(12)11-8(6)10-5;/h4H,2-3H2,1H3,(H,9,10,11,12);1H. The van der Waals surface area contributed by atoms with Crippen LogP contribution in [0.1, 0.15) is 17.8 Å². The molecule has 0 spiro atoms. The van der Waals surface area contributed by atoms with Crippen LogP contribution in [0.5, 0.6) is 0 Å². The topological polar surface area (TPSA) is 54.9 Å². The van der Waals surface area contributed by atoms with Gasteiger partial charge in [-0.15, -0.1) is 12.4 Å². The van der Waals surface area contributed by atoms with Crippen LogP contribution in [-0.4, -0.2) is 15.9 Å². The van der Waals surface area contributed by atoms with E-state index < -0.39 is 0 Å². The van der Waals surface area contributed by atoms with Gasteiger partial charge in [-0.1, -0.05) is 0 Å². The number of amides is 1. The number of hydrogen-bond acceptors (Lipinski definition) is 3. The number of nitrogens with one attached hydrogen (secondary N) is 1. The summed E-state index contributed by atoms with van der Waals surface area (Å²) in [6.07, 6.45) is 3.07. The Kier molecular flexibility index (Phi) is 2.83. The zero-order valence-corrected chi connectivity index (χ0v) is 8.02. The third kappa shape index (κ3) is 1.95. The van der Waals surface area contributed by atoms with E-state index in [1.807, 2.05) is 0 Å². The van der Waals surface area contributed by atoms with Gasteiger partial charge in [0.1, 0.15) is 11.6 Å². The maximum atomic E-state index is 11.0. The van der Waals surface area contributed by atoms with Crippen molar-refractivity contribution in [3.8, 4) is 0 Å². The van der Waals surface area contributed by atoms with Gasteiger partial charge in [0, 0.05) is 18.2 Å². The van der Waals surface area contributed by atoms with E-state index in [0.717, 1.165) is 12.0 Å². The molecule has 1 amide bonds. The molecule has 4 nitrogen and oxygen atoms in total. The Labute approximate surface area is 82.2 Å². The van der Waals surface area contributed by atoms with Crippen LogP contribution < -0.4 is 5.32 Å². The van der Waals surface area contributed by atoms with E-state index in [1.165, 1.54) is 0 Å². The number of nitrogens with zero attached hydrogens (tertiary/aromatic N) is 2. The van der Waals surface area contributed by atoms with Crippen molar-refractivity contribution in [3.63, 3.8) is 0 Å². The maximum Gasteiger partial charge on any atom is 0.225 e. The van der Waals surface area contributed by atoms with Crippen LogP contribution >= 0.6 is 12.4 Å². The molecule has 5 heteroatoms. The minimum Gasteiger partial charge on any atom is -0.310 e. The minimum atomic E-state index is 0. The second-order valence-corrected chi connectivity index (χ2v) is 2.84. The summed E-state index contributed by atoms with van der Waals surface area (Å²) in [5, 5.41) is 2.71. The second-order valence-electron chi connectivity index (χ2n) is 2.84. The Morgan fingerprint density at radius 3 is 3.00 bits per heavy atom. The molecule has 13 heavy (non-hydrogen) atoms. The normalized spacial score (nSPS) is 14.1. The molecule has 0 saturated heterocycles. The van der Waals surface area contributed by atoms with Gasteiger partial charge >= 0.3 is 0 Å². The quantitative estimate of drug-likeness (QED) is 0.681. The number of aromatic nitrogens is 2. The highest BCUT2D eigenvalue weighted by Gasteiger charge is 2.15. The monoisotopic (exact) mass is 199 g/mol. The van der Waals surface area contributed by atoms with Crippen LogP contribution in [0.3, 0.4) is 0 Å². The van der Waals surface area contributed by atoms with E-state index in [1.54, 1.807) is 13.1 Å². The van der Waals surface area contributed by atoms with Crippen molar-refractivity contribution in [3.05, 3.63) is 17.6 Å². The third-order valence-electron chi connectivity index (χ3n) is 1.86. The lowest BCUT2D eigenvalue weighted by molar-refractivity contribution is -0.116. The summed E-state index contributed by atoms with van der Waals surface area (Å²) in [5.74, 6) is 1.41. The predicted octanol–water partition coefficient (Wildman–Crippen LogP) is 1.09. The second kappa shape index (κ2) is 3.70. The fraction of sp³-hybridized carbons (Fsp3) is 0.375. The van der Waals surface area contributed by atoms with Gasteiger partial charge in [-0.3, -0.25) is 4.79 Å². The molecule has 1 aliphatic rings. The molecule has 1 aliphatic heterocycles. The molecule has 1 aromatic rings. The van der Waals surface area contributed by atoms with E-state index in [4.69, 9.17) is 0 Å². The van der Waals surface area contributed by atoms with Crippen LogP contribution in [0.15, 0.2) is 6.20 Å². The fourth-order valence-electron chi connectivity index (χ4n) is 1.23. The van der Waals surface area contributed by atoms with E-state index >= 15 is 0 Å². The molecular formula is C8H10ClN3O. The van der Waals surface area contributed by atoms with Gasteiger partial charge in [-0.2, -0.15) is 0 Å². The van der Waals surface area contributed by atoms with Crippen LogP contribution in [0, 0.1) is 6.92 Å². The number of hydrogen-bond donors (Lipinski definition) is 1. The third-order valence-corrected chi connectivity index (χ3v) is 1.86. The average molecular weight is 200 g/mol. The number of carbonyl (C=O) groups excluding carboxylic acids is 1. The van der Waals surface area contributed by atoms with Gasteiger partial charge in [0.25, 0.3) is 0 Å². The molecule has 0 radical (unpaired) electrons. The van der Waals surface area contributed by atoms with Crippen molar-refractivity contribution < 1.29 is 4.79 Å². The Morgan fingerprint density at radius 2 is 2.23 bits per heavy atom. The molecule has 0 unspecified atom stereocenters. The zero-order valence-electron chi connectivity index (χ0n) is 7.20.